The second kappa shape index (κ2) is 5.48. The molecule has 0 unspecified atom stereocenters. The Balaban J connectivity index is 1.99. The number of hydrogen-bond acceptors (Lipinski definition) is 8. The molecule has 2 aliphatic rings. The number of carbonyl (C=O) groups is 1. The minimum atomic E-state index is -0.701. The first kappa shape index (κ1) is 15.9. The summed E-state index contributed by atoms with van der Waals surface area (Å²) in [4.78, 5) is 22.9. The van der Waals surface area contributed by atoms with Crippen molar-refractivity contribution >= 4 is 17.5 Å². The van der Waals surface area contributed by atoms with Crippen LogP contribution < -0.4 is 10.1 Å². The molecule has 0 saturated carbocycles. The molecule has 3 N–H and O–H groups in total. The van der Waals surface area contributed by atoms with Gasteiger partial charge in [0.2, 0.25) is 5.75 Å². The quantitative estimate of drug-likeness (QED) is 0.428. The van der Waals surface area contributed by atoms with Crippen molar-refractivity contribution in [2.45, 2.75) is 12.8 Å². The maximum atomic E-state index is 12.3. The number of ether oxygens (including phenoxy) is 2. The number of methoxy groups -OCH3 is 1. The van der Waals surface area contributed by atoms with Crippen LogP contribution in [0.4, 0.5) is 11.5 Å². The van der Waals surface area contributed by atoms with E-state index in [1.807, 2.05) is 0 Å². The Kier molecular flexibility index (Phi) is 3.36. The summed E-state index contributed by atoms with van der Waals surface area (Å²) in [6, 6.07) is 2.71. The molecule has 134 valence electrons. The number of aromatic hydroxyl groups is 1. The number of aromatic amines is 1. The van der Waals surface area contributed by atoms with Gasteiger partial charge in [0, 0.05) is 23.2 Å². The number of nitrogens with one attached hydrogen (secondary N) is 2. The molecule has 0 aliphatic carbocycles. The number of nitro groups is 1. The highest BCUT2D eigenvalue weighted by molar-refractivity contribution is 5.97. The SMILES string of the molecule is COc1cc([C@H]2C3=C(COC3=O)Nc3n[nH]c(C)c32)cc([N+](=O)[O-])c1O. The fraction of sp³-hybridized carbons (Fsp3) is 0.250. The molecule has 1 aromatic carbocycles. The molecular formula is C16H14N4O6. The molecule has 0 spiro atoms. The van der Waals surface area contributed by atoms with E-state index in [-0.39, 0.29) is 12.4 Å². The number of rotatable bonds is 3. The third kappa shape index (κ3) is 2.11. The molecule has 3 heterocycles. The lowest BCUT2D eigenvalue weighted by Gasteiger charge is -2.24. The molecular weight excluding hydrogens is 344 g/mol. The molecule has 4 rings (SSSR count). The van der Waals surface area contributed by atoms with E-state index in [1.54, 1.807) is 6.92 Å². The number of phenolic OH excluding ortho intramolecular Hbond substituents is 1. The van der Waals surface area contributed by atoms with Gasteiger partial charge in [0.1, 0.15) is 6.61 Å². The van der Waals surface area contributed by atoms with Gasteiger partial charge in [-0.25, -0.2) is 4.79 Å². The summed E-state index contributed by atoms with van der Waals surface area (Å²) >= 11 is 0. The maximum Gasteiger partial charge on any atom is 0.337 e. The minimum absolute atomic E-state index is 0.0519. The number of H-pyrrole nitrogens is 1. The molecule has 1 aromatic heterocycles. The number of esters is 1. The number of phenols is 1. The first-order valence-electron chi connectivity index (χ1n) is 7.69. The molecule has 0 radical (unpaired) electrons. The van der Waals surface area contributed by atoms with Crippen LogP contribution in [-0.4, -0.2) is 39.9 Å². The van der Waals surface area contributed by atoms with Crippen LogP contribution in [0.25, 0.3) is 0 Å². The topological polar surface area (TPSA) is 140 Å². The fourth-order valence-corrected chi connectivity index (χ4v) is 3.39. The van der Waals surface area contributed by atoms with Gasteiger partial charge in [0.15, 0.2) is 11.6 Å². The molecule has 10 heteroatoms. The van der Waals surface area contributed by atoms with Crippen molar-refractivity contribution in [1.29, 1.82) is 0 Å². The Morgan fingerprint density at radius 1 is 1.46 bits per heavy atom. The van der Waals surface area contributed by atoms with Crippen molar-refractivity contribution in [2.75, 3.05) is 19.0 Å². The number of nitrogens with zero attached hydrogens (tertiary/aromatic N) is 2. The van der Waals surface area contributed by atoms with Gasteiger partial charge in [-0.3, -0.25) is 15.2 Å². The Morgan fingerprint density at radius 2 is 2.23 bits per heavy atom. The third-order valence-corrected chi connectivity index (χ3v) is 4.56. The van der Waals surface area contributed by atoms with Crippen molar-refractivity contribution in [2.24, 2.45) is 0 Å². The van der Waals surface area contributed by atoms with Gasteiger partial charge < -0.3 is 19.9 Å². The number of carbonyl (C=O) groups excluding carboxylic acids is 1. The lowest BCUT2D eigenvalue weighted by molar-refractivity contribution is -0.386. The predicted molar refractivity (Wildman–Crippen MR) is 88.1 cm³/mol. The van der Waals surface area contributed by atoms with E-state index >= 15 is 0 Å². The Labute approximate surface area is 146 Å². The van der Waals surface area contributed by atoms with E-state index in [0.717, 1.165) is 0 Å². The number of fused-ring (bicyclic) bond motifs is 1. The minimum Gasteiger partial charge on any atom is -0.500 e. The number of nitro benzene ring substituents is 1. The summed E-state index contributed by atoms with van der Waals surface area (Å²) in [7, 11) is 1.30. The van der Waals surface area contributed by atoms with Crippen LogP contribution in [0, 0.1) is 17.0 Å². The van der Waals surface area contributed by atoms with Crippen LogP contribution in [0.5, 0.6) is 11.5 Å². The first-order valence-corrected chi connectivity index (χ1v) is 7.69. The average Bonchev–Trinajstić information content (AvgIpc) is 3.17. The van der Waals surface area contributed by atoms with Gasteiger partial charge in [-0.05, 0) is 18.6 Å². The molecule has 2 aliphatic heterocycles. The predicted octanol–water partition coefficient (Wildman–Crippen LogP) is 1.71. The van der Waals surface area contributed by atoms with Crippen molar-refractivity contribution in [3.05, 3.63) is 50.3 Å². The average molecular weight is 358 g/mol. The van der Waals surface area contributed by atoms with Crippen LogP contribution in [0.1, 0.15) is 22.7 Å². The van der Waals surface area contributed by atoms with Crippen LogP contribution >= 0.6 is 0 Å². The second-order valence-electron chi connectivity index (χ2n) is 5.99. The van der Waals surface area contributed by atoms with E-state index in [2.05, 4.69) is 15.5 Å². The van der Waals surface area contributed by atoms with Crippen LogP contribution in [0.2, 0.25) is 0 Å². The van der Waals surface area contributed by atoms with Gasteiger partial charge in [0.05, 0.1) is 23.3 Å². The smallest absolute Gasteiger partial charge is 0.337 e. The van der Waals surface area contributed by atoms with Gasteiger partial charge >= 0.3 is 11.7 Å². The van der Waals surface area contributed by atoms with E-state index in [0.29, 0.717) is 33.9 Å². The first-order chi connectivity index (χ1) is 12.4. The standard InChI is InChI=1S/C16H14N4O6/c1-6-11-12(7-3-9(20(23)24)14(21)10(4-7)25-2)13-8(5-26-16(13)22)17-15(11)19-18-6/h3-4,12,21H,5H2,1-2H3,(H2,17,18,19)/t12-/m1/s1. The summed E-state index contributed by atoms with van der Waals surface area (Å²) < 4.78 is 10.2. The molecule has 26 heavy (non-hydrogen) atoms. The van der Waals surface area contributed by atoms with Crippen LogP contribution in [0.15, 0.2) is 23.4 Å². The zero-order chi connectivity index (χ0) is 18.6. The monoisotopic (exact) mass is 358 g/mol. The summed E-state index contributed by atoms with van der Waals surface area (Å²) in [5.41, 5.74) is 2.24. The summed E-state index contributed by atoms with van der Waals surface area (Å²) in [5, 5.41) is 31.5. The van der Waals surface area contributed by atoms with Gasteiger partial charge in [0.25, 0.3) is 0 Å². The Morgan fingerprint density at radius 3 is 2.92 bits per heavy atom. The van der Waals surface area contributed by atoms with E-state index < -0.39 is 28.2 Å². The normalized spacial score (nSPS) is 18.1. The van der Waals surface area contributed by atoms with E-state index in [4.69, 9.17) is 9.47 Å². The van der Waals surface area contributed by atoms with E-state index in [1.165, 1.54) is 19.2 Å². The number of aromatic nitrogens is 2. The Bertz CT molecular complexity index is 993. The van der Waals surface area contributed by atoms with Gasteiger partial charge in [-0.2, -0.15) is 5.10 Å². The number of benzene rings is 1. The fourth-order valence-electron chi connectivity index (χ4n) is 3.39. The highest BCUT2D eigenvalue weighted by atomic mass is 16.6. The lowest BCUT2D eigenvalue weighted by Crippen LogP contribution is -2.20. The van der Waals surface area contributed by atoms with Crippen LogP contribution in [-0.2, 0) is 9.53 Å². The number of hydrogen-bond donors (Lipinski definition) is 3. The van der Waals surface area contributed by atoms with Crippen molar-refractivity contribution in [3.63, 3.8) is 0 Å². The molecule has 0 bridgehead atoms. The molecule has 0 fully saturated rings. The third-order valence-electron chi connectivity index (χ3n) is 4.56. The maximum absolute atomic E-state index is 12.3. The molecule has 10 nitrogen and oxygen atoms in total. The molecule has 2 aromatic rings. The van der Waals surface area contributed by atoms with Crippen LogP contribution in [0.3, 0.4) is 0 Å². The Hall–Kier alpha value is -3.56. The largest absolute Gasteiger partial charge is 0.500 e. The molecule has 1 atom stereocenters. The zero-order valence-corrected chi connectivity index (χ0v) is 13.8. The van der Waals surface area contributed by atoms with Crippen molar-refractivity contribution in [1.82, 2.24) is 10.2 Å². The summed E-state index contributed by atoms with van der Waals surface area (Å²) in [5.74, 6) is -1.23. The van der Waals surface area contributed by atoms with Crippen molar-refractivity contribution in [3.8, 4) is 11.5 Å². The molecule has 0 saturated heterocycles. The lowest BCUT2D eigenvalue weighted by atomic mass is 9.81. The van der Waals surface area contributed by atoms with Gasteiger partial charge in [-0.1, -0.05) is 0 Å². The summed E-state index contributed by atoms with van der Waals surface area (Å²) in [6.07, 6.45) is 0. The summed E-state index contributed by atoms with van der Waals surface area (Å²) in [6.45, 7) is 1.87. The van der Waals surface area contributed by atoms with E-state index in [9.17, 15) is 20.0 Å². The zero-order valence-electron chi connectivity index (χ0n) is 13.8. The highest BCUT2D eigenvalue weighted by Crippen LogP contribution is 2.48. The number of aryl methyl sites for hydroxylation is 1. The van der Waals surface area contributed by atoms with Crippen molar-refractivity contribution < 1.29 is 24.3 Å². The number of cyclic esters (lactones) is 1. The second-order valence-corrected chi connectivity index (χ2v) is 5.99. The number of anilines is 1. The van der Waals surface area contributed by atoms with Gasteiger partial charge in [-0.15, -0.1) is 0 Å². The highest BCUT2D eigenvalue weighted by Gasteiger charge is 2.41. The molecule has 0 amide bonds.